The van der Waals surface area contributed by atoms with E-state index in [2.05, 4.69) is 70.3 Å². The van der Waals surface area contributed by atoms with Gasteiger partial charge in [-0.05, 0) is 25.0 Å². The smallest absolute Gasteiger partial charge is 0.134 e. The predicted octanol–water partition coefficient (Wildman–Crippen LogP) is 2.18. The molecule has 118 valence electrons. The van der Waals surface area contributed by atoms with E-state index in [-0.39, 0.29) is 0 Å². The second kappa shape index (κ2) is 6.48. The van der Waals surface area contributed by atoms with Crippen molar-refractivity contribution < 1.29 is 0 Å². The van der Waals surface area contributed by atoms with Gasteiger partial charge in [0.05, 0.1) is 0 Å². The Hall–Kier alpha value is -1.88. The summed E-state index contributed by atoms with van der Waals surface area (Å²) >= 11 is 0. The summed E-state index contributed by atoms with van der Waals surface area (Å²) in [6.45, 7) is 4.22. The summed E-state index contributed by atoms with van der Waals surface area (Å²) in [5.74, 6) is 2.27. The van der Waals surface area contributed by atoms with Crippen molar-refractivity contribution in [3.05, 3.63) is 41.5 Å². The molecule has 1 aromatic carbocycles. The lowest BCUT2D eigenvalue weighted by Gasteiger charge is -2.22. The molecule has 1 aromatic heterocycles. The van der Waals surface area contributed by atoms with Crippen molar-refractivity contribution in [1.29, 1.82) is 0 Å². The van der Waals surface area contributed by atoms with Crippen molar-refractivity contribution in [2.24, 2.45) is 0 Å². The number of aromatic nitrogens is 3. The predicted molar refractivity (Wildman–Crippen MR) is 89.2 cm³/mol. The van der Waals surface area contributed by atoms with E-state index < -0.39 is 0 Å². The van der Waals surface area contributed by atoms with Gasteiger partial charge in [-0.1, -0.05) is 18.2 Å². The van der Waals surface area contributed by atoms with Gasteiger partial charge in [-0.25, -0.2) is 0 Å². The molecule has 0 unspecified atom stereocenters. The Bertz CT molecular complexity index is 632. The molecule has 0 saturated heterocycles. The zero-order valence-electron chi connectivity index (χ0n) is 13.7. The largest absolute Gasteiger partial charge is 0.377 e. The average Bonchev–Trinajstić information content (AvgIpc) is 3.11. The van der Waals surface area contributed by atoms with Gasteiger partial charge in [-0.2, -0.15) is 0 Å². The molecule has 22 heavy (non-hydrogen) atoms. The maximum atomic E-state index is 4.32. The molecular formula is C17H25N5. The number of hydrogen-bond acceptors (Lipinski definition) is 4. The maximum Gasteiger partial charge on any atom is 0.134 e. The number of fused-ring (bicyclic) bond motifs is 1. The highest BCUT2D eigenvalue weighted by Crippen LogP contribution is 2.24. The number of aryl methyl sites for hydroxylation is 1. The molecule has 0 saturated carbocycles. The molecule has 0 radical (unpaired) electrons. The van der Waals surface area contributed by atoms with Crippen LogP contribution in [-0.2, 0) is 19.4 Å². The van der Waals surface area contributed by atoms with Crippen LogP contribution >= 0.6 is 0 Å². The molecule has 5 heteroatoms. The van der Waals surface area contributed by atoms with E-state index in [1.54, 1.807) is 0 Å². The van der Waals surface area contributed by atoms with Crippen LogP contribution in [0.1, 0.15) is 36.6 Å². The molecule has 0 fully saturated rings. The van der Waals surface area contributed by atoms with Gasteiger partial charge in [0.1, 0.15) is 11.6 Å². The molecular weight excluding hydrogens is 274 g/mol. The summed E-state index contributed by atoms with van der Waals surface area (Å²) in [5, 5.41) is 12.2. The van der Waals surface area contributed by atoms with Crippen LogP contribution in [0.5, 0.6) is 0 Å². The minimum atomic E-state index is 0.319. The first-order valence-corrected chi connectivity index (χ1v) is 8.07. The van der Waals surface area contributed by atoms with Crippen molar-refractivity contribution in [3.63, 3.8) is 0 Å². The van der Waals surface area contributed by atoms with Crippen molar-refractivity contribution in [1.82, 2.24) is 20.1 Å². The van der Waals surface area contributed by atoms with Crippen molar-refractivity contribution in [3.8, 4) is 0 Å². The maximum absolute atomic E-state index is 4.32. The van der Waals surface area contributed by atoms with E-state index in [1.165, 1.54) is 17.7 Å². The number of para-hydroxylation sites is 1. The quantitative estimate of drug-likeness (QED) is 0.888. The fourth-order valence-electron chi connectivity index (χ4n) is 3.17. The van der Waals surface area contributed by atoms with Gasteiger partial charge < -0.3 is 14.8 Å². The number of anilines is 1. The van der Waals surface area contributed by atoms with Gasteiger partial charge in [0.15, 0.2) is 0 Å². The molecule has 1 atom stereocenters. The average molecular weight is 299 g/mol. The van der Waals surface area contributed by atoms with Crippen molar-refractivity contribution in [2.45, 2.75) is 38.8 Å². The molecule has 0 aliphatic carbocycles. The zero-order chi connectivity index (χ0) is 15.5. The third-order valence-corrected chi connectivity index (χ3v) is 4.37. The van der Waals surface area contributed by atoms with Crippen molar-refractivity contribution >= 4 is 5.69 Å². The molecule has 2 aromatic rings. The number of nitrogens with one attached hydrogen (secondary N) is 1. The van der Waals surface area contributed by atoms with E-state index in [0.717, 1.165) is 37.6 Å². The highest BCUT2D eigenvalue weighted by atomic mass is 15.3. The molecule has 0 bridgehead atoms. The Morgan fingerprint density at radius 2 is 2.09 bits per heavy atom. The molecule has 1 aliphatic heterocycles. The van der Waals surface area contributed by atoms with E-state index in [0.29, 0.717) is 6.04 Å². The van der Waals surface area contributed by atoms with Gasteiger partial charge in [0, 0.05) is 51.8 Å². The first-order chi connectivity index (χ1) is 10.7. The van der Waals surface area contributed by atoms with Crippen LogP contribution < -0.4 is 10.2 Å². The summed E-state index contributed by atoms with van der Waals surface area (Å²) < 4.78 is 2.28. The van der Waals surface area contributed by atoms with Crippen molar-refractivity contribution in [2.75, 3.05) is 25.5 Å². The van der Waals surface area contributed by atoms with Crippen LogP contribution in [0.3, 0.4) is 0 Å². The fourth-order valence-corrected chi connectivity index (χ4v) is 3.17. The second-order valence-corrected chi connectivity index (χ2v) is 6.17. The summed E-state index contributed by atoms with van der Waals surface area (Å²) in [6.07, 6.45) is 3.21. The normalized spacial score (nSPS) is 14.9. The van der Waals surface area contributed by atoms with Gasteiger partial charge in [-0.15, -0.1) is 10.2 Å². The number of hydrogen-bond donors (Lipinski definition) is 1. The second-order valence-electron chi connectivity index (χ2n) is 6.17. The van der Waals surface area contributed by atoms with Crippen LogP contribution in [0.15, 0.2) is 24.3 Å². The molecule has 0 amide bonds. The van der Waals surface area contributed by atoms with E-state index in [9.17, 15) is 0 Å². The lowest BCUT2D eigenvalue weighted by atomic mass is 10.1. The third kappa shape index (κ3) is 2.99. The van der Waals surface area contributed by atoms with Crippen LogP contribution in [-0.4, -0.2) is 35.4 Å². The molecule has 0 spiro atoms. The Kier molecular flexibility index (Phi) is 4.43. The first kappa shape index (κ1) is 15.0. The summed E-state index contributed by atoms with van der Waals surface area (Å²) in [5.41, 5.74) is 2.60. The highest BCUT2D eigenvalue weighted by Gasteiger charge is 2.17. The number of nitrogens with zero attached hydrogens (tertiary/aromatic N) is 4. The highest BCUT2D eigenvalue weighted by molar-refractivity contribution is 5.53. The molecule has 1 aliphatic rings. The Labute approximate surface area is 132 Å². The third-order valence-electron chi connectivity index (χ3n) is 4.37. The zero-order valence-corrected chi connectivity index (χ0v) is 13.7. The Balaban J connectivity index is 1.59. The van der Waals surface area contributed by atoms with Crippen LogP contribution in [0, 0.1) is 0 Å². The topological polar surface area (TPSA) is 46.0 Å². The van der Waals surface area contributed by atoms with Crippen LogP contribution in [0.25, 0.3) is 0 Å². The fraction of sp³-hybridized carbons (Fsp3) is 0.529. The lowest BCUT2D eigenvalue weighted by molar-refractivity contribution is 0.559. The number of rotatable bonds is 6. The van der Waals surface area contributed by atoms with Crippen LogP contribution in [0.2, 0.25) is 0 Å². The Morgan fingerprint density at radius 3 is 2.91 bits per heavy atom. The standard InChI is InChI=1S/C17H25N5/c1-13(14-7-4-5-8-15(14)21(2)3)18-11-10-17-20-19-16-9-6-12-22(16)17/h4-5,7-8,13,18H,6,9-12H2,1-3H3/t13-/m0/s1. The molecule has 5 nitrogen and oxygen atoms in total. The minimum absolute atomic E-state index is 0.319. The summed E-state index contributed by atoms with van der Waals surface area (Å²) in [6, 6.07) is 8.87. The molecule has 1 N–H and O–H groups in total. The summed E-state index contributed by atoms with van der Waals surface area (Å²) in [4.78, 5) is 2.17. The van der Waals surface area contributed by atoms with Gasteiger partial charge in [-0.3, -0.25) is 0 Å². The molecule has 3 rings (SSSR count). The number of benzene rings is 1. The van der Waals surface area contributed by atoms with Gasteiger partial charge in [0.2, 0.25) is 0 Å². The minimum Gasteiger partial charge on any atom is -0.377 e. The monoisotopic (exact) mass is 299 g/mol. The van der Waals surface area contributed by atoms with Crippen LogP contribution in [0.4, 0.5) is 5.69 Å². The van der Waals surface area contributed by atoms with Gasteiger partial charge >= 0.3 is 0 Å². The lowest BCUT2D eigenvalue weighted by Crippen LogP contribution is -2.24. The van der Waals surface area contributed by atoms with E-state index >= 15 is 0 Å². The van der Waals surface area contributed by atoms with E-state index in [4.69, 9.17) is 0 Å². The first-order valence-electron chi connectivity index (χ1n) is 8.07. The summed E-state index contributed by atoms with van der Waals surface area (Å²) in [7, 11) is 4.18. The molecule has 2 heterocycles. The Morgan fingerprint density at radius 1 is 1.27 bits per heavy atom. The van der Waals surface area contributed by atoms with E-state index in [1.807, 2.05) is 0 Å². The SMILES string of the molecule is C[C@H](NCCc1nnc2n1CCC2)c1ccccc1N(C)C. The van der Waals surface area contributed by atoms with Gasteiger partial charge in [0.25, 0.3) is 0 Å².